The highest BCUT2D eigenvalue weighted by atomic mass is 79.9. The van der Waals surface area contributed by atoms with E-state index >= 15 is 0 Å². The van der Waals surface area contributed by atoms with Crippen molar-refractivity contribution in [3.63, 3.8) is 0 Å². The lowest BCUT2D eigenvalue weighted by Gasteiger charge is -2.20. The first-order valence-electron chi connectivity index (χ1n) is 9.24. The van der Waals surface area contributed by atoms with Gasteiger partial charge < -0.3 is 14.5 Å². The Kier molecular flexibility index (Phi) is 6.91. The summed E-state index contributed by atoms with van der Waals surface area (Å²) in [7, 11) is 0. The zero-order chi connectivity index (χ0) is 20.3. The van der Waals surface area contributed by atoms with Gasteiger partial charge in [0.1, 0.15) is 12.4 Å². The minimum Gasteiger partial charge on any atom is -0.490 e. The van der Waals surface area contributed by atoms with Crippen LogP contribution in [0.5, 0.6) is 5.75 Å². The van der Waals surface area contributed by atoms with E-state index in [1.165, 1.54) is 4.90 Å². The van der Waals surface area contributed by atoms with Crippen molar-refractivity contribution in [3.8, 4) is 5.75 Å². The third kappa shape index (κ3) is 4.31. The highest BCUT2D eigenvalue weighted by molar-refractivity contribution is 9.11. The molecule has 28 heavy (non-hydrogen) atoms. The molecule has 0 saturated heterocycles. The number of carbonyl (C=O) groups is 2. The number of benzene rings is 2. The summed E-state index contributed by atoms with van der Waals surface area (Å²) in [5.41, 5.74) is 2.01. The maximum Gasteiger partial charge on any atom is 0.299 e. The van der Waals surface area contributed by atoms with E-state index in [2.05, 4.69) is 50.6 Å². The molecule has 1 aliphatic rings. The van der Waals surface area contributed by atoms with Gasteiger partial charge in [0.25, 0.3) is 11.7 Å². The lowest BCUT2D eigenvalue weighted by atomic mass is 10.1. The lowest BCUT2D eigenvalue weighted by Crippen LogP contribution is -2.29. The molecule has 1 aliphatic heterocycles. The van der Waals surface area contributed by atoms with Crippen molar-refractivity contribution in [3.05, 3.63) is 56.5 Å². The van der Waals surface area contributed by atoms with Gasteiger partial charge in [-0.05, 0) is 74.8 Å². The molecule has 3 rings (SSSR count). The van der Waals surface area contributed by atoms with E-state index in [0.717, 1.165) is 39.9 Å². The van der Waals surface area contributed by atoms with Crippen LogP contribution in [-0.2, 0) is 11.3 Å². The molecule has 0 aliphatic carbocycles. The Morgan fingerprint density at radius 2 is 1.68 bits per heavy atom. The Bertz CT molecular complexity index is 874. The summed E-state index contributed by atoms with van der Waals surface area (Å²) in [4.78, 5) is 28.4. The van der Waals surface area contributed by atoms with E-state index < -0.39 is 11.7 Å². The Labute approximate surface area is 181 Å². The van der Waals surface area contributed by atoms with Gasteiger partial charge in [-0.25, -0.2) is 0 Å². The molecule has 1 heterocycles. The van der Waals surface area contributed by atoms with Gasteiger partial charge in [0.2, 0.25) is 0 Å². The van der Waals surface area contributed by atoms with Crippen LogP contribution in [0.3, 0.4) is 0 Å². The summed E-state index contributed by atoms with van der Waals surface area (Å²) in [6.45, 7) is 8.01. The van der Waals surface area contributed by atoms with Crippen molar-refractivity contribution in [1.29, 1.82) is 0 Å². The quantitative estimate of drug-likeness (QED) is 0.485. The van der Waals surface area contributed by atoms with E-state index in [9.17, 15) is 9.59 Å². The van der Waals surface area contributed by atoms with Crippen LogP contribution in [0.4, 0.5) is 5.69 Å². The zero-order valence-electron chi connectivity index (χ0n) is 15.9. The number of carbonyl (C=O) groups excluding carboxylic acids is 2. The van der Waals surface area contributed by atoms with Gasteiger partial charge in [-0.2, -0.15) is 0 Å². The first kappa shape index (κ1) is 21.0. The average Bonchev–Trinajstić information content (AvgIpc) is 2.92. The van der Waals surface area contributed by atoms with E-state index in [1.54, 1.807) is 18.2 Å². The molecule has 148 valence electrons. The minimum absolute atomic E-state index is 0.318. The second-order valence-corrected chi connectivity index (χ2v) is 8.21. The second kappa shape index (κ2) is 9.20. The van der Waals surface area contributed by atoms with Gasteiger partial charge in [-0.15, -0.1) is 0 Å². The molecule has 0 aromatic heterocycles. The maximum atomic E-state index is 12.4. The number of Topliss-reactive ketones (excluding diaryl/α,β-unsaturated/α-hetero) is 1. The van der Waals surface area contributed by atoms with Crippen LogP contribution in [0.2, 0.25) is 0 Å². The van der Waals surface area contributed by atoms with Crippen molar-refractivity contribution >= 4 is 49.2 Å². The van der Waals surface area contributed by atoms with Crippen LogP contribution in [0, 0.1) is 0 Å². The fourth-order valence-corrected chi connectivity index (χ4v) is 4.76. The minimum atomic E-state index is -0.493. The molecule has 0 spiro atoms. The number of fused-ring (bicyclic) bond motifs is 1. The summed E-state index contributed by atoms with van der Waals surface area (Å²) >= 11 is 7.14. The first-order chi connectivity index (χ1) is 13.5. The molecule has 5 nitrogen and oxygen atoms in total. The highest BCUT2D eigenvalue weighted by Crippen LogP contribution is 2.36. The molecule has 0 bridgehead atoms. The van der Waals surface area contributed by atoms with Crippen LogP contribution >= 0.6 is 31.9 Å². The van der Waals surface area contributed by atoms with Crippen LogP contribution in [-0.4, -0.2) is 42.8 Å². The molecule has 0 saturated carbocycles. The van der Waals surface area contributed by atoms with Gasteiger partial charge in [0.05, 0.1) is 26.7 Å². The molecule has 0 radical (unpaired) electrons. The molecule has 0 fully saturated rings. The van der Waals surface area contributed by atoms with Gasteiger partial charge in [-0.1, -0.05) is 26.0 Å². The number of nitrogens with zero attached hydrogens (tertiary/aromatic N) is 2. The fourth-order valence-electron chi connectivity index (χ4n) is 3.25. The molecule has 7 heteroatoms. The van der Waals surface area contributed by atoms with Crippen molar-refractivity contribution in [2.75, 3.05) is 31.1 Å². The van der Waals surface area contributed by atoms with E-state index in [4.69, 9.17) is 4.74 Å². The average molecular weight is 510 g/mol. The molecular weight excluding hydrogens is 488 g/mol. The molecule has 2 aromatic carbocycles. The third-order valence-electron chi connectivity index (χ3n) is 4.83. The summed E-state index contributed by atoms with van der Waals surface area (Å²) in [6, 6.07) is 10.9. The summed E-state index contributed by atoms with van der Waals surface area (Å²) in [6.07, 6.45) is 0. The third-order valence-corrected chi connectivity index (χ3v) is 6.00. The van der Waals surface area contributed by atoms with Crippen molar-refractivity contribution < 1.29 is 14.3 Å². The molecule has 0 atom stereocenters. The largest absolute Gasteiger partial charge is 0.490 e. The standard InChI is InChI=1S/C21H22Br2N2O3/c1-3-24(4-2)9-10-28-20-16(22)11-14(12-17(20)23)13-25-18-8-6-5-7-15(18)19(26)21(25)27/h5-8,11-12H,3-4,9-10,13H2,1-2H3. The Morgan fingerprint density at radius 1 is 1.04 bits per heavy atom. The number of likely N-dealkylation sites (N-methyl/N-ethyl adjacent to an activating group) is 1. The maximum absolute atomic E-state index is 12.4. The summed E-state index contributed by atoms with van der Waals surface area (Å²) in [5, 5.41) is 0. The van der Waals surface area contributed by atoms with E-state index in [0.29, 0.717) is 24.4 Å². The van der Waals surface area contributed by atoms with Crippen LogP contribution in [0.15, 0.2) is 45.3 Å². The van der Waals surface area contributed by atoms with Gasteiger partial charge in [0.15, 0.2) is 0 Å². The summed E-state index contributed by atoms with van der Waals surface area (Å²) < 4.78 is 7.57. The Morgan fingerprint density at radius 3 is 2.32 bits per heavy atom. The van der Waals surface area contributed by atoms with E-state index in [1.807, 2.05) is 18.2 Å². The number of ketones is 1. The first-order valence-corrected chi connectivity index (χ1v) is 10.8. The number of hydrogen-bond donors (Lipinski definition) is 0. The number of halogens is 2. The Hall–Kier alpha value is -1.70. The number of rotatable bonds is 8. The SMILES string of the molecule is CCN(CC)CCOc1c(Br)cc(CN2C(=O)C(=O)c3ccccc32)cc1Br. The van der Waals surface area contributed by atoms with Crippen molar-refractivity contribution in [2.45, 2.75) is 20.4 Å². The Balaban J connectivity index is 1.74. The molecule has 2 aromatic rings. The fraction of sp³-hybridized carbons (Fsp3) is 0.333. The number of amides is 1. The predicted octanol–water partition coefficient (Wildman–Crippen LogP) is 4.66. The number of hydrogen-bond acceptors (Lipinski definition) is 4. The van der Waals surface area contributed by atoms with Crippen molar-refractivity contribution in [2.24, 2.45) is 0 Å². The topological polar surface area (TPSA) is 49.9 Å². The monoisotopic (exact) mass is 508 g/mol. The smallest absolute Gasteiger partial charge is 0.299 e. The number of para-hydroxylation sites is 1. The molecule has 0 unspecified atom stereocenters. The molecule has 0 N–H and O–H groups in total. The number of anilines is 1. The van der Waals surface area contributed by atoms with E-state index in [-0.39, 0.29) is 0 Å². The van der Waals surface area contributed by atoms with Crippen LogP contribution in [0.25, 0.3) is 0 Å². The lowest BCUT2D eigenvalue weighted by molar-refractivity contribution is -0.114. The second-order valence-electron chi connectivity index (χ2n) is 6.50. The summed E-state index contributed by atoms with van der Waals surface area (Å²) in [5.74, 6) is -0.210. The van der Waals surface area contributed by atoms with Gasteiger partial charge >= 0.3 is 0 Å². The zero-order valence-corrected chi connectivity index (χ0v) is 19.0. The molecule has 1 amide bonds. The molecular formula is C21H22Br2N2O3. The highest BCUT2D eigenvalue weighted by Gasteiger charge is 2.35. The van der Waals surface area contributed by atoms with Crippen LogP contribution < -0.4 is 9.64 Å². The van der Waals surface area contributed by atoms with Crippen LogP contribution in [0.1, 0.15) is 29.8 Å². The van der Waals surface area contributed by atoms with Gasteiger partial charge in [-0.3, -0.25) is 9.59 Å². The normalized spacial score (nSPS) is 13.4. The van der Waals surface area contributed by atoms with Crippen molar-refractivity contribution in [1.82, 2.24) is 4.90 Å². The predicted molar refractivity (Wildman–Crippen MR) is 117 cm³/mol. The van der Waals surface area contributed by atoms with Gasteiger partial charge in [0, 0.05) is 6.54 Å². The number of ether oxygens (including phenoxy) is 1.